The van der Waals surface area contributed by atoms with Gasteiger partial charge in [-0.15, -0.1) is 5.10 Å². The van der Waals surface area contributed by atoms with Crippen molar-refractivity contribution in [1.29, 1.82) is 0 Å². The van der Waals surface area contributed by atoms with Crippen molar-refractivity contribution in [2.45, 2.75) is 88.9 Å². The number of hydrogen-bond acceptors (Lipinski definition) is 9. The molecule has 3 aliphatic heterocycles. The number of aromatic nitrogens is 5. The van der Waals surface area contributed by atoms with Gasteiger partial charge in [0.25, 0.3) is 0 Å². The molecule has 3 aliphatic rings. The number of esters is 1. The van der Waals surface area contributed by atoms with Crippen LogP contribution in [-0.2, 0) is 20.9 Å². The first-order valence-electron chi connectivity index (χ1n) is 16.1. The van der Waals surface area contributed by atoms with Gasteiger partial charge in [-0.1, -0.05) is 24.6 Å². The number of carbonyl (C=O) groups is 2. The third-order valence-corrected chi connectivity index (χ3v) is 9.18. The van der Waals surface area contributed by atoms with E-state index in [4.69, 9.17) is 9.72 Å². The van der Waals surface area contributed by atoms with Crippen molar-refractivity contribution in [3.8, 4) is 0 Å². The lowest BCUT2D eigenvalue weighted by molar-refractivity contribution is -0.165. The van der Waals surface area contributed by atoms with E-state index in [2.05, 4.69) is 51.0 Å². The minimum absolute atomic E-state index is 0.0719. The molecule has 12 heteroatoms. The van der Waals surface area contributed by atoms with E-state index in [0.29, 0.717) is 18.4 Å². The average Bonchev–Trinajstić information content (AvgIpc) is 3.71. The van der Waals surface area contributed by atoms with Crippen LogP contribution in [0.15, 0.2) is 42.9 Å². The number of likely N-dealkylation sites (N-methyl/N-ethyl adjacent to an activating group) is 1. The number of rotatable bonds is 12. The molecule has 0 spiro atoms. The predicted octanol–water partition coefficient (Wildman–Crippen LogP) is 3.84. The first-order chi connectivity index (χ1) is 21.4. The second-order valence-corrected chi connectivity index (χ2v) is 12.6. The van der Waals surface area contributed by atoms with Gasteiger partial charge in [-0.05, 0) is 58.1 Å². The number of hydrogen-bond donors (Lipinski definition) is 2. The van der Waals surface area contributed by atoms with E-state index in [-0.39, 0.29) is 24.3 Å². The summed E-state index contributed by atoms with van der Waals surface area (Å²) in [5.74, 6) is 0.627. The molecule has 3 aromatic rings. The highest BCUT2D eigenvalue weighted by molar-refractivity contribution is 5.76. The number of carbonyl (C=O) groups excluding carboxylic acids is 2. The SMILES string of the molecule is CC=CCCCCCC(=O)OC12CCC(CC(c3cccn4nc(Nc5cnn(CC(=O)N6CCN(C)CC6)c5)nc34)C1)N2. The smallest absolute Gasteiger partial charge is 0.307 e. The summed E-state index contributed by atoms with van der Waals surface area (Å²) < 4.78 is 9.61. The van der Waals surface area contributed by atoms with Gasteiger partial charge >= 0.3 is 5.97 Å². The minimum Gasteiger partial charge on any atom is -0.444 e. The highest BCUT2D eigenvalue weighted by Crippen LogP contribution is 2.45. The molecule has 0 aliphatic carbocycles. The van der Waals surface area contributed by atoms with Crippen molar-refractivity contribution in [3.63, 3.8) is 0 Å². The van der Waals surface area contributed by atoms with E-state index in [1.54, 1.807) is 15.4 Å². The van der Waals surface area contributed by atoms with Gasteiger partial charge in [0.1, 0.15) is 6.54 Å². The van der Waals surface area contributed by atoms with Gasteiger partial charge in [-0.3, -0.25) is 19.6 Å². The number of unbranched alkanes of at least 4 members (excludes halogenated alkanes) is 3. The first kappa shape index (κ1) is 30.3. The van der Waals surface area contributed by atoms with Gasteiger partial charge in [0.05, 0.1) is 11.9 Å². The van der Waals surface area contributed by atoms with Crippen molar-refractivity contribution in [1.82, 2.24) is 39.5 Å². The fourth-order valence-electron chi connectivity index (χ4n) is 6.83. The Kier molecular flexibility index (Phi) is 9.27. The van der Waals surface area contributed by atoms with Gasteiger partial charge in [0, 0.05) is 69.4 Å². The molecular weight excluding hydrogens is 558 g/mol. The van der Waals surface area contributed by atoms with Gasteiger partial charge < -0.3 is 19.9 Å². The second kappa shape index (κ2) is 13.5. The van der Waals surface area contributed by atoms with E-state index >= 15 is 0 Å². The number of allylic oxidation sites excluding steroid dienone is 2. The Morgan fingerprint density at radius 1 is 1.20 bits per heavy atom. The number of nitrogens with zero attached hydrogens (tertiary/aromatic N) is 7. The molecule has 2 bridgehead atoms. The van der Waals surface area contributed by atoms with E-state index in [1.807, 2.05) is 30.3 Å². The van der Waals surface area contributed by atoms with Crippen molar-refractivity contribution in [2.24, 2.45) is 0 Å². The molecule has 1 amide bonds. The predicted molar refractivity (Wildman–Crippen MR) is 167 cm³/mol. The summed E-state index contributed by atoms with van der Waals surface area (Å²) in [7, 11) is 2.07. The van der Waals surface area contributed by atoms with Crippen LogP contribution in [0.2, 0.25) is 0 Å². The zero-order chi connectivity index (χ0) is 30.5. The van der Waals surface area contributed by atoms with Crippen LogP contribution in [0, 0.1) is 0 Å². The van der Waals surface area contributed by atoms with E-state index in [0.717, 1.165) is 94.4 Å². The second-order valence-electron chi connectivity index (χ2n) is 12.6. The lowest BCUT2D eigenvalue weighted by atomic mass is 9.85. The monoisotopic (exact) mass is 603 g/mol. The average molecular weight is 604 g/mol. The minimum atomic E-state index is -0.611. The molecule has 3 fully saturated rings. The molecule has 0 radical (unpaired) electrons. The molecular formula is C32H45N9O3. The highest BCUT2D eigenvalue weighted by atomic mass is 16.6. The van der Waals surface area contributed by atoms with Crippen molar-refractivity contribution in [2.75, 3.05) is 38.5 Å². The Labute approximate surface area is 258 Å². The number of amides is 1. The van der Waals surface area contributed by atoms with Gasteiger partial charge in [-0.2, -0.15) is 10.1 Å². The Morgan fingerprint density at radius 2 is 2.07 bits per heavy atom. The number of pyridine rings is 1. The van der Waals surface area contributed by atoms with Gasteiger partial charge in [-0.25, -0.2) is 4.52 Å². The molecule has 3 saturated heterocycles. The van der Waals surface area contributed by atoms with Crippen LogP contribution in [0.1, 0.15) is 76.2 Å². The van der Waals surface area contributed by atoms with E-state index < -0.39 is 5.72 Å². The van der Waals surface area contributed by atoms with Gasteiger partial charge in [0.15, 0.2) is 11.4 Å². The molecule has 0 aromatic carbocycles. The molecule has 6 heterocycles. The maximum atomic E-state index is 12.8. The van der Waals surface area contributed by atoms with Crippen molar-refractivity contribution in [3.05, 3.63) is 48.4 Å². The van der Waals surface area contributed by atoms with Crippen LogP contribution in [0.5, 0.6) is 0 Å². The van der Waals surface area contributed by atoms with Crippen LogP contribution in [0.4, 0.5) is 11.6 Å². The lowest BCUT2D eigenvalue weighted by Crippen LogP contribution is -2.51. The molecule has 2 N–H and O–H groups in total. The summed E-state index contributed by atoms with van der Waals surface area (Å²) in [4.78, 5) is 34.5. The summed E-state index contributed by atoms with van der Waals surface area (Å²) in [6.45, 7) is 5.51. The van der Waals surface area contributed by atoms with Crippen molar-refractivity contribution < 1.29 is 14.3 Å². The number of fused-ring (bicyclic) bond motifs is 3. The van der Waals surface area contributed by atoms with Gasteiger partial charge in [0.2, 0.25) is 11.9 Å². The molecule has 6 rings (SSSR count). The summed E-state index contributed by atoms with van der Waals surface area (Å²) in [5, 5.41) is 15.9. The Balaban J connectivity index is 1.08. The summed E-state index contributed by atoms with van der Waals surface area (Å²) in [6.07, 6.45) is 17.7. The molecule has 3 atom stereocenters. The third-order valence-electron chi connectivity index (χ3n) is 9.18. The number of ether oxygens (including phenoxy) is 1. The van der Waals surface area contributed by atoms with Crippen molar-refractivity contribution >= 4 is 29.2 Å². The number of piperazine rings is 1. The highest BCUT2D eigenvalue weighted by Gasteiger charge is 2.48. The fourth-order valence-corrected chi connectivity index (χ4v) is 6.83. The third kappa shape index (κ3) is 7.13. The maximum absolute atomic E-state index is 12.8. The first-order valence-corrected chi connectivity index (χ1v) is 16.1. The van der Waals surface area contributed by atoms with Crippen LogP contribution >= 0.6 is 0 Å². The summed E-state index contributed by atoms with van der Waals surface area (Å²) in [5.41, 5.74) is 2.02. The molecule has 0 saturated carbocycles. The summed E-state index contributed by atoms with van der Waals surface area (Å²) >= 11 is 0. The maximum Gasteiger partial charge on any atom is 0.307 e. The Morgan fingerprint density at radius 3 is 2.91 bits per heavy atom. The number of nitrogens with one attached hydrogen (secondary N) is 2. The number of anilines is 2. The normalized spacial score (nSPS) is 23.9. The Bertz CT molecular complexity index is 1470. The molecule has 236 valence electrons. The van der Waals surface area contributed by atoms with Crippen LogP contribution < -0.4 is 10.6 Å². The topological polar surface area (TPSA) is 122 Å². The zero-order valence-electron chi connectivity index (χ0n) is 26.0. The Hall–Kier alpha value is -3.77. The van der Waals surface area contributed by atoms with E-state index in [9.17, 15) is 9.59 Å². The molecule has 12 nitrogen and oxygen atoms in total. The van der Waals surface area contributed by atoms with Crippen LogP contribution in [0.25, 0.3) is 5.65 Å². The number of piperidine rings is 1. The molecule has 44 heavy (non-hydrogen) atoms. The summed E-state index contributed by atoms with van der Waals surface area (Å²) in [6, 6.07) is 4.42. The lowest BCUT2D eigenvalue weighted by Gasteiger charge is -2.38. The van der Waals surface area contributed by atoms with E-state index in [1.165, 1.54) is 0 Å². The zero-order valence-corrected chi connectivity index (χ0v) is 26.0. The quantitative estimate of drug-likeness (QED) is 0.181. The fraction of sp³-hybridized carbons (Fsp3) is 0.594. The van der Waals surface area contributed by atoms with Crippen LogP contribution in [-0.4, -0.2) is 91.0 Å². The standard InChI is InChI=1S/C32H45N9O3/c1-3-4-5-6-7-8-11-29(43)44-32-13-12-25(36-32)19-24(20-32)27-10-9-14-41-30(27)35-31(37-41)34-26-21-33-40(22-26)23-28(42)39-17-15-38(2)16-18-39/h3-4,9-10,14,21-22,24-25,36H,5-8,11-13,15-20,23H2,1-2H3,(H,34,37). The molecule has 3 aromatic heterocycles. The van der Waals surface area contributed by atoms with Crippen LogP contribution in [0.3, 0.4) is 0 Å². The molecule has 3 unspecified atom stereocenters. The largest absolute Gasteiger partial charge is 0.444 e.